The number of aryl methyl sites for hydroxylation is 1. The van der Waals surface area contributed by atoms with Crippen LogP contribution in [0.1, 0.15) is 11.4 Å². The molecule has 0 aliphatic heterocycles. The topological polar surface area (TPSA) is 71.8 Å². The summed E-state index contributed by atoms with van der Waals surface area (Å²) in [5.41, 5.74) is 3.46. The van der Waals surface area contributed by atoms with Crippen LogP contribution < -0.4 is 10.6 Å². The Morgan fingerprint density at radius 2 is 1.70 bits per heavy atom. The van der Waals surface area contributed by atoms with Gasteiger partial charge < -0.3 is 10.6 Å². The number of carbonyl (C=O) groups is 1. The minimum absolute atomic E-state index is 0.150. The Labute approximate surface area is 206 Å². The molecule has 4 rings (SSSR count). The molecule has 6 nitrogen and oxygen atoms in total. The lowest BCUT2D eigenvalue weighted by molar-refractivity contribution is -0.113. The molecule has 4 aromatic rings. The van der Waals surface area contributed by atoms with Crippen molar-refractivity contribution in [1.29, 1.82) is 0 Å². The van der Waals surface area contributed by atoms with E-state index >= 15 is 0 Å². The number of rotatable bonds is 8. The quantitative estimate of drug-likeness (QED) is 0.282. The van der Waals surface area contributed by atoms with E-state index < -0.39 is 0 Å². The van der Waals surface area contributed by atoms with Crippen LogP contribution >= 0.6 is 35.0 Å². The second-order valence-electron chi connectivity index (χ2n) is 7.23. The molecule has 33 heavy (non-hydrogen) atoms. The maximum atomic E-state index is 12.5. The van der Waals surface area contributed by atoms with E-state index in [1.807, 2.05) is 78.2 Å². The van der Waals surface area contributed by atoms with Gasteiger partial charge in [-0.1, -0.05) is 59.2 Å². The molecule has 0 fully saturated rings. The number of anilines is 2. The van der Waals surface area contributed by atoms with Gasteiger partial charge in [-0.05, 0) is 61.0 Å². The van der Waals surface area contributed by atoms with Crippen LogP contribution in [0.15, 0.2) is 78.0 Å². The number of nitrogens with one attached hydrogen (secondary N) is 2. The number of carbonyl (C=O) groups excluding carboxylic acids is 1. The van der Waals surface area contributed by atoms with Crippen LogP contribution in [0.25, 0.3) is 5.69 Å². The molecule has 0 unspecified atom stereocenters. The second kappa shape index (κ2) is 10.7. The van der Waals surface area contributed by atoms with Gasteiger partial charge >= 0.3 is 0 Å². The Morgan fingerprint density at radius 3 is 2.42 bits per heavy atom. The summed E-state index contributed by atoms with van der Waals surface area (Å²) >= 11 is 13.4. The highest BCUT2D eigenvalue weighted by molar-refractivity contribution is 7.99. The van der Waals surface area contributed by atoms with E-state index in [1.165, 1.54) is 11.8 Å². The molecular formula is C24H21Cl2N5OS. The lowest BCUT2D eigenvalue weighted by atomic mass is 10.2. The first-order valence-corrected chi connectivity index (χ1v) is 11.9. The predicted octanol–water partition coefficient (Wildman–Crippen LogP) is 6.23. The van der Waals surface area contributed by atoms with E-state index in [2.05, 4.69) is 20.8 Å². The highest BCUT2D eigenvalue weighted by Gasteiger charge is 2.16. The van der Waals surface area contributed by atoms with Crippen molar-refractivity contribution >= 4 is 52.2 Å². The zero-order chi connectivity index (χ0) is 23.2. The predicted molar refractivity (Wildman–Crippen MR) is 136 cm³/mol. The number of hydrogen-bond acceptors (Lipinski definition) is 5. The monoisotopic (exact) mass is 497 g/mol. The van der Waals surface area contributed by atoms with Crippen LogP contribution in [0.5, 0.6) is 0 Å². The van der Waals surface area contributed by atoms with Gasteiger partial charge in [-0.15, -0.1) is 10.2 Å². The summed E-state index contributed by atoms with van der Waals surface area (Å²) in [4.78, 5) is 12.5. The Kier molecular flexibility index (Phi) is 7.54. The van der Waals surface area contributed by atoms with Crippen molar-refractivity contribution < 1.29 is 4.79 Å². The van der Waals surface area contributed by atoms with Crippen molar-refractivity contribution in [2.45, 2.75) is 18.6 Å². The molecule has 0 aliphatic rings. The molecular weight excluding hydrogens is 477 g/mol. The summed E-state index contributed by atoms with van der Waals surface area (Å²) < 4.78 is 1.95. The molecule has 9 heteroatoms. The van der Waals surface area contributed by atoms with Gasteiger partial charge in [0, 0.05) is 27.1 Å². The number of thioether (sulfide) groups is 1. The van der Waals surface area contributed by atoms with Gasteiger partial charge in [0.25, 0.3) is 0 Å². The fraction of sp³-hybridized carbons (Fsp3) is 0.125. The summed E-state index contributed by atoms with van der Waals surface area (Å²) in [6.45, 7) is 2.37. The normalized spacial score (nSPS) is 10.8. The van der Waals surface area contributed by atoms with Gasteiger partial charge in [-0.3, -0.25) is 9.36 Å². The first-order valence-electron chi connectivity index (χ1n) is 10.2. The van der Waals surface area contributed by atoms with Crippen molar-refractivity contribution in [2.24, 2.45) is 0 Å². The lowest BCUT2D eigenvalue weighted by Crippen LogP contribution is -2.15. The van der Waals surface area contributed by atoms with Gasteiger partial charge in [-0.25, -0.2) is 0 Å². The van der Waals surface area contributed by atoms with Crippen LogP contribution in [0.3, 0.4) is 0 Å². The van der Waals surface area contributed by atoms with Gasteiger partial charge in [-0.2, -0.15) is 0 Å². The number of nitrogens with zero attached hydrogens (tertiary/aromatic N) is 3. The van der Waals surface area contributed by atoms with E-state index in [1.54, 1.807) is 6.07 Å². The maximum absolute atomic E-state index is 12.5. The summed E-state index contributed by atoms with van der Waals surface area (Å²) in [6, 6.07) is 22.7. The molecule has 0 radical (unpaired) electrons. The summed E-state index contributed by atoms with van der Waals surface area (Å²) in [7, 11) is 0. The summed E-state index contributed by atoms with van der Waals surface area (Å²) in [6.07, 6.45) is 0. The molecule has 168 valence electrons. The number of benzene rings is 3. The largest absolute Gasteiger partial charge is 0.378 e. The molecule has 0 aliphatic carbocycles. The zero-order valence-corrected chi connectivity index (χ0v) is 20.1. The molecule has 1 heterocycles. The maximum Gasteiger partial charge on any atom is 0.234 e. The third-order valence-corrected chi connectivity index (χ3v) is 6.39. The lowest BCUT2D eigenvalue weighted by Gasteiger charge is -2.12. The minimum Gasteiger partial charge on any atom is -0.378 e. The van der Waals surface area contributed by atoms with Crippen molar-refractivity contribution in [3.8, 4) is 5.69 Å². The fourth-order valence-electron chi connectivity index (χ4n) is 3.09. The molecule has 3 aromatic carbocycles. The van der Waals surface area contributed by atoms with E-state index in [9.17, 15) is 4.79 Å². The smallest absolute Gasteiger partial charge is 0.234 e. The van der Waals surface area contributed by atoms with Gasteiger partial charge in [0.1, 0.15) is 0 Å². The molecule has 1 amide bonds. The third-order valence-electron chi connectivity index (χ3n) is 4.80. The number of amides is 1. The Balaban J connectivity index is 1.48. The van der Waals surface area contributed by atoms with E-state index in [0.29, 0.717) is 27.4 Å². The Hall–Kier alpha value is -3.00. The van der Waals surface area contributed by atoms with E-state index in [0.717, 1.165) is 22.8 Å². The second-order valence-corrected chi connectivity index (χ2v) is 9.02. The minimum atomic E-state index is -0.150. The van der Waals surface area contributed by atoms with Crippen LogP contribution in [0.4, 0.5) is 11.4 Å². The molecule has 2 N–H and O–H groups in total. The van der Waals surface area contributed by atoms with Crippen molar-refractivity contribution in [1.82, 2.24) is 14.8 Å². The molecule has 0 atom stereocenters. The molecule has 0 bridgehead atoms. The summed E-state index contributed by atoms with van der Waals surface area (Å²) in [5.74, 6) is 0.758. The number of halogens is 2. The average molecular weight is 498 g/mol. The number of para-hydroxylation sites is 1. The Morgan fingerprint density at radius 1 is 0.970 bits per heavy atom. The van der Waals surface area contributed by atoms with E-state index in [4.69, 9.17) is 23.2 Å². The average Bonchev–Trinajstić information content (AvgIpc) is 3.23. The first kappa shape index (κ1) is 23.2. The SMILES string of the molecule is Cc1ccc(NC(=O)CSc2nnc(CNc3ccc(Cl)cc3)n2-c2ccccc2)cc1Cl. The van der Waals surface area contributed by atoms with Gasteiger partial charge in [0.05, 0.1) is 12.3 Å². The van der Waals surface area contributed by atoms with Crippen molar-refractivity contribution in [3.05, 3.63) is 94.2 Å². The highest BCUT2D eigenvalue weighted by atomic mass is 35.5. The van der Waals surface area contributed by atoms with Crippen LogP contribution in [-0.2, 0) is 11.3 Å². The van der Waals surface area contributed by atoms with Gasteiger partial charge in [0.2, 0.25) is 5.91 Å². The van der Waals surface area contributed by atoms with Crippen LogP contribution in [-0.4, -0.2) is 26.4 Å². The standard InChI is InChI=1S/C24H21Cl2N5OS/c1-16-7-10-19(13-21(16)26)28-23(32)15-33-24-30-29-22(31(24)20-5-3-2-4-6-20)14-27-18-11-8-17(25)9-12-18/h2-13,27H,14-15H2,1H3,(H,28,32). The van der Waals surface area contributed by atoms with Crippen molar-refractivity contribution in [2.75, 3.05) is 16.4 Å². The number of hydrogen-bond donors (Lipinski definition) is 2. The number of aromatic nitrogens is 3. The van der Waals surface area contributed by atoms with Crippen LogP contribution in [0.2, 0.25) is 10.0 Å². The molecule has 0 spiro atoms. The van der Waals surface area contributed by atoms with E-state index in [-0.39, 0.29) is 11.7 Å². The van der Waals surface area contributed by atoms with Gasteiger partial charge in [0.15, 0.2) is 11.0 Å². The molecule has 1 aromatic heterocycles. The Bertz CT molecular complexity index is 1250. The highest BCUT2D eigenvalue weighted by Crippen LogP contribution is 2.24. The summed E-state index contributed by atoms with van der Waals surface area (Å²) in [5, 5.41) is 16.8. The van der Waals surface area contributed by atoms with Crippen LogP contribution in [0, 0.1) is 6.92 Å². The zero-order valence-electron chi connectivity index (χ0n) is 17.8. The fourth-order valence-corrected chi connectivity index (χ4v) is 4.17. The third kappa shape index (κ3) is 6.07. The molecule has 0 saturated heterocycles. The first-order chi connectivity index (χ1) is 16.0. The van der Waals surface area contributed by atoms with Crippen molar-refractivity contribution in [3.63, 3.8) is 0 Å². The molecule has 0 saturated carbocycles.